The molecule has 1 heterocycles. The molecule has 0 saturated heterocycles. The van der Waals surface area contributed by atoms with Gasteiger partial charge in [0, 0.05) is 35.6 Å². The van der Waals surface area contributed by atoms with Crippen molar-refractivity contribution in [3.63, 3.8) is 0 Å². The molecule has 0 radical (unpaired) electrons. The van der Waals surface area contributed by atoms with Crippen LogP contribution in [-0.2, 0) is 6.54 Å². The number of aromatic nitrogens is 1. The Morgan fingerprint density at radius 1 is 1.07 bits per heavy atom. The van der Waals surface area contributed by atoms with Gasteiger partial charge < -0.3 is 14.0 Å². The molecule has 0 aliphatic rings. The summed E-state index contributed by atoms with van der Waals surface area (Å²) in [5.74, 6) is 1.77. The molecule has 0 fully saturated rings. The first kappa shape index (κ1) is 21.1. The van der Waals surface area contributed by atoms with Crippen molar-refractivity contribution in [2.24, 2.45) is 4.99 Å². The van der Waals surface area contributed by atoms with Crippen LogP contribution in [0.3, 0.4) is 0 Å². The van der Waals surface area contributed by atoms with Crippen molar-refractivity contribution in [1.29, 1.82) is 0 Å². The highest BCUT2D eigenvalue weighted by atomic mass is 32.2. The Bertz CT molecular complexity index is 1110. The summed E-state index contributed by atoms with van der Waals surface area (Å²) in [5.41, 5.74) is 1.96. The minimum Gasteiger partial charge on any atom is -0.493 e. The number of carbonyl (C=O) groups is 2. The van der Waals surface area contributed by atoms with Gasteiger partial charge in [-0.1, -0.05) is 23.5 Å². The van der Waals surface area contributed by atoms with E-state index in [4.69, 9.17) is 9.47 Å². The van der Waals surface area contributed by atoms with E-state index in [1.165, 1.54) is 18.3 Å². The average molecular weight is 431 g/mol. The summed E-state index contributed by atoms with van der Waals surface area (Å²) in [6.07, 6.45) is 2.04. The first-order chi connectivity index (χ1) is 14.0. The van der Waals surface area contributed by atoms with Crippen LogP contribution in [0.15, 0.2) is 41.4 Å². The van der Waals surface area contributed by atoms with E-state index in [0.29, 0.717) is 34.0 Å². The molecular weight excluding hydrogens is 408 g/mol. The van der Waals surface area contributed by atoms with E-state index < -0.39 is 0 Å². The molecule has 0 aliphatic heterocycles. The lowest BCUT2D eigenvalue weighted by Crippen LogP contribution is -2.18. The Kier molecular flexibility index (Phi) is 6.76. The van der Waals surface area contributed by atoms with Crippen LogP contribution in [0.2, 0.25) is 0 Å². The van der Waals surface area contributed by atoms with E-state index in [0.717, 1.165) is 16.0 Å². The van der Waals surface area contributed by atoms with Gasteiger partial charge in [-0.25, -0.2) is 0 Å². The van der Waals surface area contributed by atoms with Crippen molar-refractivity contribution in [1.82, 2.24) is 4.57 Å². The van der Waals surface area contributed by atoms with Crippen LogP contribution in [0.25, 0.3) is 10.2 Å². The first-order valence-electron chi connectivity index (χ1n) is 8.92. The first-order valence-corrected chi connectivity index (χ1v) is 11.1. The molecular formula is C21H22N2O4S2. The number of amides is 1. The Morgan fingerprint density at radius 2 is 1.69 bits per heavy atom. The number of nitrogens with zero attached hydrogens (tertiary/aromatic N) is 2. The Balaban J connectivity index is 2.10. The van der Waals surface area contributed by atoms with Crippen LogP contribution in [0.5, 0.6) is 11.5 Å². The number of thiazole rings is 1. The second-order valence-electron chi connectivity index (χ2n) is 6.25. The summed E-state index contributed by atoms with van der Waals surface area (Å²) in [6.45, 7) is 2.21. The van der Waals surface area contributed by atoms with Gasteiger partial charge in [-0.2, -0.15) is 16.8 Å². The van der Waals surface area contributed by atoms with Crippen molar-refractivity contribution in [2.75, 3.05) is 26.2 Å². The smallest absolute Gasteiger partial charge is 0.279 e. The number of carbonyl (C=O) groups excluding carboxylic acids is 2. The third-order valence-electron chi connectivity index (χ3n) is 4.44. The third-order valence-corrected chi connectivity index (χ3v) is 6.07. The molecule has 3 rings (SSSR count). The number of fused-ring (bicyclic) bond motifs is 1. The predicted molar refractivity (Wildman–Crippen MR) is 118 cm³/mol. The van der Waals surface area contributed by atoms with Crippen molar-refractivity contribution in [3.05, 3.63) is 52.3 Å². The maximum absolute atomic E-state index is 12.7. The molecule has 29 heavy (non-hydrogen) atoms. The van der Waals surface area contributed by atoms with Gasteiger partial charge in [-0.15, -0.1) is 0 Å². The summed E-state index contributed by atoms with van der Waals surface area (Å²) < 4.78 is 13.8. The van der Waals surface area contributed by atoms with Gasteiger partial charge in [0.2, 0.25) is 0 Å². The molecule has 3 aromatic rings. The number of aryl methyl sites for hydroxylation is 1. The van der Waals surface area contributed by atoms with Gasteiger partial charge in [-0.3, -0.25) is 9.59 Å². The maximum atomic E-state index is 12.7. The number of ether oxygens (including phenoxy) is 2. The van der Waals surface area contributed by atoms with Gasteiger partial charge in [0.1, 0.15) is 0 Å². The molecule has 1 amide bonds. The number of hydrogen-bond acceptors (Lipinski definition) is 6. The zero-order valence-corrected chi connectivity index (χ0v) is 18.4. The van der Waals surface area contributed by atoms with E-state index in [-0.39, 0.29) is 11.7 Å². The molecule has 2 aromatic carbocycles. The zero-order chi connectivity index (χ0) is 21.0. The van der Waals surface area contributed by atoms with Crippen molar-refractivity contribution in [2.45, 2.75) is 13.5 Å². The fourth-order valence-electron chi connectivity index (χ4n) is 2.88. The van der Waals surface area contributed by atoms with Crippen molar-refractivity contribution in [3.8, 4) is 11.5 Å². The number of ketones is 1. The lowest BCUT2D eigenvalue weighted by molar-refractivity contribution is 0.0991. The Morgan fingerprint density at radius 3 is 2.28 bits per heavy atom. The standard InChI is InChI=1S/C21H22N2O4S2/c1-13(24)14-5-7-15(8-6-14)20(25)22-21-23(9-10-28-4)16-11-17(26-2)18(27-3)12-19(16)29-21/h5-8,11-12H,9-10H2,1-4H3. The van der Waals surface area contributed by atoms with Gasteiger partial charge >= 0.3 is 0 Å². The highest BCUT2D eigenvalue weighted by Crippen LogP contribution is 2.33. The normalized spacial score (nSPS) is 11.7. The van der Waals surface area contributed by atoms with Gasteiger partial charge in [0.25, 0.3) is 5.91 Å². The largest absolute Gasteiger partial charge is 0.493 e. The fraction of sp³-hybridized carbons (Fsp3) is 0.286. The Labute approximate surface area is 177 Å². The molecule has 0 bridgehead atoms. The number of thioether (sulfide) groups is 1. The van der Waals surface area contributed by atoms with Crippen LogP contribution >= 0.6 is 23.1 Å². The van der Waals surface area contributed by atoms with Crippen molar-refractivity contribution >= 4 is 45.0 Å². The monoisotopic (exact) mass is 430 g/mol. The second kappa shape index (κ2) is 9.28. The quantitative estimate of drug-likeness (QED) is 0.530. The topological polar surface area (TPSA) is 69.9 Å². The van der Waals surface area contributed by atoms with Crippen LogP contribution in [-0.4, -0.2) is 42.5 Å². The molecule has 0 N–H and O–H groups in total. The number of rotatable bonds is 7. The summed E-state index contributed by atoms with van der Waals surface area (Å²) in [7, 11) is 3.19. The minimum atomic E-state index is -0.344. The second-order valence-corrected chi connectivity index (χ2v) is 8.25. The molecule has 1 aromatic heterocycles. The number of Topliss-reactive ketones (excluding diaryl/α,β-unsaturated/α-hetero) is 1. The SMILES string of the molecule is COc1cc2sc(=NC(=O)c3ccc(C(C)=O)cc3)n(CCSC)c2cc1OC. The molecule has 8 heteroatoms. The van der Waals surface area contributed by atoms with E-state index in [9.17, 15) is 9.59 Å². The summed E-state index contributed by atoms with van der Waals surface area (Å²) >= 11 is 3.15. The minimum absolute atomic E-state index is 0.0387. The van der Waals surface area contributed by atoms with Gasteiger partial charge in [-0.05, 0) is 25.3 Å². The third kappa shape index (κ3) is 4.54. The van der Waals surface area contributed by atoms with E-state index in [1.807, 2.05) is 23.0 Å². The fourth-order valence-corrected chi connectivity index (χ4v) is 4.31. The molecule has 0 spiro atoms. The average Bonchev–Trinajstić information content (AvgIpc) is 3.06. The molecule has 0 atom stereocenters. The highest BCUT2D eigenvalue weighted by Gasteiger charge is 2.14. The van der Waals surface area contributed by atoms with Gasteiger partial charge in [0.05, 0.1) is 24.4 Å². The van der Waals surface area contributed by atoms with E-state index >= 15 is 0 Å². The van der Waals surface area contributed by atoms with E-state index in [1.54, 1.807) is 50.2 Å². The molecule has 0 unspecified atom stereocenters. The lowest BCUT2D eigenvalue weighted by Gasteiger charge is -2.09. The number of hydrogen-bond donors (Lipinski definition) is 0. The van der Waals surface area contributed by atoms with E-state index in [2.05, 4.69) is 4.99 Å². The number of methoxy groups -OCH3 is 2. The van der Waals surface area contributed by atoms with Crippen molar-refractivity contribution < 1.29 is 19.1 Å². The zero-order valence-electron chi connectivity index (χ0n) is 16.7. The lowest BCUT2D eigenvalue weighted by atomic mass is 10.1. The van der Waals surface area contributed by atoms with Crippen LogP contribution in [0.4, 0.5) is 0 Å². The number of benzene rings is 2. The molecule has 0 aliphatic carbocycles. The molecule has 152 valence electrons. The predicted octanol–water partition coefficient (Wildman–Crippen LogP) is 4.03. The summed E-state index contributed by atoms with van der Waals surface area (Å²) in [4.78, 5) is 29.2. The summed E-state index contributed by atoms with van der Waals surface area (Å²) in [6, 6.07) is 10.4. The summed E-state index contributed by atoms with van der Waals surface area (Å²) in [5, 5.41) is 0. The van der Waals surface area contributed by atoms with Crippen LogP contribution in [0.1, 0.15) is 27.6 Å². The maximum Gasteiger partial charge on any atom is 0.279 e. The highest BCUT2D eigenvalue weighted by molar-refractivity contribution is 7.98. The Hall–Kier alpha value is -2.58. The molecule has 6 nitrogen and oxygen atoms in total. The van der Waals surface area contributed by atoms with Crippen LogP contribution in [0, 0.1) is 0 Å². The van der Waals surface area contributed by atoms with Crippen LogP contribution < -0.4 is 14.3 Å². The van der Waals surface area contributed by atoms with Gasteiger partial charge in [0.15, 0.2) is 22.1 Å². The molecule has 0 saturated carbocycles.